The molecule has 19 heavy (non-hydrogen) atoms. The van der Waals surface area contributed by atoms with Gasteiger partial charge in [0.25, 0.3) is 0 Å². The topological polar surface area (TPSA) is 25.8 Å². The number of benzene rings is 1. The van der Waals surface area contributed by atoms with Gasteiger partial charge in [0.05, 0.1) is 0 Å². The molecule has 3 aromatic rings. The third-order valence-corrected chi connectivity index (χ3v) is 5.18. The summed E-state index contributed by atoms with van der Waals surface area (Å²) >= 11 is 9.59. The molecule has 0 bridgehead atoms. The van der Waals surface area contributed by atoms with E-state index >= 15 is 0 Å². The summed E-state index contributed by atoms with van der Waals surface area (Å²) in [4.78, 5) is 9.69. The molecule has 2 aromatic heterocycles. The zero-order chi connectivity index (χ0) is 13.2. The molecule has 1 aromatic carbocycles. The molecular formula is C14H11ClN2S2. The van der Waals surface area contributed by atoms with Crippen LogP contribution in [0.2, 0.25) is 5.02 Å². The molecule has 0 N–H and O–H groups in total. The lowest BCUT2D eigenvalue weighted by molar-refractivity contribution is 1.06. The van der Waals surface area contributed by atoms with E-state index in [1.165, 1.54) is 0 Å². The number of thioether (sulfide) groups is 1. The second-order valence-electron chi connectivity index (χ2n) is 4.10. The molecule has 1 atom stereocenters. The highest BCUT2D eigenvalue weighted by atomic mass is 35.5. The molecule has 0 fully saturated rings. The fourth-order valence-electron chi connectivity index (χ4n) is 1.90. The van der Waals surface area contributed by atoms with Gasteiger partial charge in [-0.3, -0.25) is 0 Å². The third-order valence-electron chi connectivity index (χ3n) is 2.86. The van der Waals surface area contributed by atoms with Gasteiger partial charge in [-0.15, -0.1) is 11.3 Å². The Morgan fingerprint density at radius 1 is 1.21 bits per heavy atom. The first-order chi connectivity index (χ1) is 9.25. The molecule has 5 heteroatoms. The van der Waals surface area contributed by atoms with E-state index in [9.17, 15) is 0 Å². The van der Waals surface area contributed by atoms with Crippen molar-refractivity contribution in [3.8, 4) is 0 Å². The van der Waals surface area contributed by atoms with Crippen molar-refractivity contribution in [2.75, 3.05) is 0 Å². The van der Waals surface area contributed by atoms with E-state index in [1.54, 1.807) is 29.4 Å². The van der Waals surface area contributed by atoms with E-state index < -0.39 is 0 Å². The van der Waals surface area contributed by atoms with Crippen LogP contribution in [0.25, 0.3) is 10.2 Å². The quantitative estimate of drug-likeness (QED) is 0.491. The average molecular weight is 307 g/mol. The lowest BCUT2D eigenvalue weighted by atomic mass is 10.2. The highest BCUT2D eigenvalue weighted by Gasteiger charge is 2.14. The smallest absolute Gasteiger partial charge is 0.127 e. The van der Waals surface area contributed by atoms with Crippen LogP contribution < -0.4 is 0 Å². The summed E-state index contributed by atoms with van der Waals surface area (Å²) in [6.07, 6.45) is 1.63. The zero-order valence-corrected chi connectivity index (χ0v) is 12.6. The molecule has 3 rings (SSSR count). The molecule has 0 saturated carbocycles. The third kappa shape index (κ3) is 2.61. The lowest BCUT2D eigenvalue weighted by Crippen LogP contribution is -1.91. The molecule has 0 aliphatic rings. The predicted molar refractivity (Wildman–Crippen MR) is 83.1 cm³/mol. The summed E-state index contributed by atoms with van der Waals surface area (Å²) in [5.41, 5.74) is 1.14. The Labute approximate surface area is 124 Å². The molecule has 0 aliphatic carbocycles. The van der Waals surface area contributed by atoms with Gasteiger partial charge >= 0.3 is 0 Å². The lowest BCUT2D eigenvalue weighted by Gasteiger charge is -2.12. The van der Waals surface area contributed by atoms with Gasteiger partial charge in [-0.25, -0.2) is 9.97 Å². The second-order valence-corrected chi connectivity index (χ2v) is 6.73. The number of hydrogen-bond acceptors (Lipinski definition) is 4. The van der Waals surface area contributed by atoms with Gasteiger partial charge in [0, 0.05) is 15.7 Å². The molecular weight excluding hydrogens is 296 g/mol. The minimum atomic E-state index is 0.256. The molecule has 2 nitrogen and oxygen atoms in total. The highest BCUT2D eigenvalue weighted by molar-refractivity contribution is 7.99. The van der Waals surface area contributed by atoms with E-state index in [0.29, 0.717) is 0 Å². The van der Waals surface area contributed by atoms with Crippen LogP contribution in [0.1, 0.15) is 17.7 Å². The van der Waals surface area contributed by atoms with Crippen molar-refractivity contribution < 1.29 is 0 Å². The van der Waals surface area contributed by atoms with Crippen LogP contribution in [-0.2, 0) is 0 Å². The first-order valence-corrected chi connectivity index (χ1v) is 7.98. The largest absolute Gasteiger partial charge is 0.229 e. The Bertz CT molecular complexity index is 711. The molecule has 1 unspecified atom stereocenters. The van der Waals surface area contributed by atoms with Crippen LogP contribution in [0, 0.1) is 0 Å². The minimum Gasteiger partial charge on any atom is -0.229 e. The Hall–Kier alpha value is -1.10. The number of rotatable bonds is 3. The Morgan fingerprint density at radius 2 is 2.05 bits per heavy atom. The number of aromatic nitrogens is 2. The van der Waals surface area contributed by atoms with Crippen LogP contribution in [0.4, 0.5) is 0 Å². The summed E-state index contributed by atoms with van der Waals surface area (Å²) in [5.74, 6) is 0. The first-order valence-electron chi connectivity index (χ1n) is 5.85. The van der Waals surface area contributed by atoms with Gasteiger partial charge in [-0.2, -0.15) is 0 Å². The maximum absolute atomic E-state index is 6.24. The van der Waals surface area contributed by atoms with Crippen molar-refractivity contribution in [2.45, 2.75) is 17.2 Å². The molecule has 0 amide bonds. The Balaban J connectivity index is 1.93. The van der Waals surface area contributed by atoms with Crippen molar-refractivity contribution in [1.82, 2.24) is 9.97 Å². The van der Waals surface area contributed by atoms with Gasteiger partial charge in [-0.1, -0.05) is 41.6 Å². The summed E-state index contributed by atoms with van der Waals surface area (Å²) in [6, 6.07) is 10.0. The number of nitrogens with zero attached hydrogens (tertiary/aromatic N) is 2. The number of fused-ring (bicyclic) bond motifs is 1. The summed E-state index contributed by atoms with van der Waals surface area (Å²) in [6.45, 7) is 2.15. The Morgan fingerprint density at radius 3 is 2.89 bits per heavy atom. The number of halogens is 1. The van der Waals surface area contributed by atoms with Crippen molar-refractivity contribution in [1.29, 1.82) is 0 Å². The van der Waals surface area contributed by atoms with E-state index in [2.05, 4.69) is 29.0 Å². The monoisotopic (exact) mass is 306 g/mol. The van der Waals surface area contributed by atoms with E-state index in [4.69, 9.17) is 11.6 Å². The van der Waals surface area contributed by atoms with E-state index in [-0.39, 0.29) is 5.25 Å². The van der Waals surface area contributed by atoms with Crippen LogP contribution in [0.15, 0.2) is 47.1 Å². The molecule has 0 radical (unpaired) electrons. The maximum atomic E-state index is 6.24. The molecule has 2 heterocycles. The predicted octanol–water partition coefficient (Wildman–Crippen LogP) is 5.20. The Kier molecular flexibility index (Phi) is 3.73. The average Bonchev–Trinajstić information content (AvgIpc) is 2.88. The normalized spacial score (nSPS) is 12.7. The fraction of sp³-hybridized carbons (Fsp3) is 0.143. The SMILES string of the molecule is CC(Sc1ncnc2sccc12)c1ccccc1Cl. The van der Waals surface area contributed by atoms with Gasteiger partial charge < -0.3 is 0 Å². The van der Waals surface area contributed by atoms with Crippen LogP contribution in [-0.4, -0.2) is 9.97 Å². The standard InChI is InChI=1S/C14H11ClN2S2/c1-9(10-4-2-3-5-12(10)15)19-14-11-6-7-18-13(11)16-8-17-14/h2-9H,1H3. The van der Waals surface area contributed by atoms with E-state index in [0.717, 1.165) is 25.8 Å². The molecule has 0 saturated heterocycles. The van der Waals surface area contributed by atoms with Gasteiger partial charge in [0.15, 0.2) is 0 Å². The van der Waals surface area contributed by atoms with Crippen molar-refractivity contribution in [2.24, 2.45) is 0 Å². The van der Waals surface area contributed by atoms with Crippen molar-refractivity contribution >= 4 is 44.9 Å². The fourth-order valence-corrected chi connectivity index (χ4v) is 4.13. The minimum absolute atomic E-state index is 0.256. The van der Waals surface area contributed by atoms with Gasteiger partial charge in [0.1, 0.15) is 16.2 Å². The van der Waals surface area contributed by atoms with Gasteiger partial charge in [-0.05, 0) is 30.0 Å². The van der Waals surface area contributed by atoms with Gasteiger partial charge in [0.2, 0.25) is 0 Å². The molecule has 0 aliphatic heterocycles. The van der Waals surface area contributed by atoms with Crippen molar-refractivity contribution in [3.63, 3.8) is 0 Å². The van der Waals surface area contributed by atoms with E-state index in [1.807, 2.05) is 23.6 Å². The number of thiophene rings is 1. The summed E-state index contributed by atoms with van der Waals surface area (Å²) in [7, 11) is 0. The summed E-state index contributed by atoms with van der Waals surface area (Å²) < 4.78 is 0. The van der Waals surface area contributed by atoms with Crippen LogP contribution >= 0.6 is 34.7 Å². The molecule has 0 spiro atoms. The highest BCUT2D eigenvalue weighted by Crippen LogP contribution is 2.39. The summed E-state index contributed by atoms with van der Waals surface area (Å²) in [5, 5.41) is 5.24. The zero-order valence-electron chi connectivity index (χ0n) is 10.2. The maximum Gasteiger partial charge on any atom is 0.127 e. The van der Waals surface area contributed by atoms with Crippen molar-refractivity contribution in [3.05, 3.63) is 52.6 Å². The number of hydrogen-bond donors (Lipinski definition) is 0. The molecule has 96 valence electrons. The second kappa shape index (κ2) is 5.49. The van der Waals surface area contributed by atoms with Crippen LogP contribution in [0.3, 0.4) is 0 Å². The first kappa shape index (κ1) is 12.9. The van der Waals surface area contributed by atoms with Crippen LogP contribution in [0.5, 0.6) is 0 Å².